The number of carbonyl (C=O) groups excluding carboxylic acids is 1. The van der Waals surface area contributed by atoms with E-state index in [0.29, 0.717) is 0 Å². The minimum Gasteiger partial charge on any atom is -0.497 e. The first-order valence-corrected chi connectivity index (χ1v) is 4.47. The van der Waals surface area contributed by atoms with E-state index in [2.05, 4.69) is 0 Å². The van der Waals surface area contributed by atoms with Gasteiger partial charge in [0.1, 0.15) is 5.75 Å². The van der Waals surface area contributed by atoms with Crippen molar-refractivity contribution in [3.05, 3.63) is 35.4 Å². The maximum absolute atomic E-state index is 10.7. The number of ketones is 1. The van der Waals surface area contributed by atoms with E-state index in [1.165, 1.54) is 6.92 Å². The molecule has 1 aromatic rings. The molecule has 0 saturated heterocycles. The van der Waals surface area contributed by atoms with Crippen molar-refractivity contribution in [3.8, 4) is 5.75 Å². The first kappa shape index (κ1) is 10.5. The number of allylic oxidation sites excluding steroid dienone is 1. The summed E-state index contributed by atoms with van der Waals surface area (Å²) in [5.41, 5.74) is 2.14. The van der Waals surface area contributed by atoms with E-state index in [1.807, 2.05) is 31.2 Å². The summed E-state index contributed by atoms with van der Waals surface area (Å²) in [6.07, 6.45) is 3.38. The maximum Gasteiger partial charge on any atom is 0.152 e. The average Bonchev–Trinajstić information content (AvgIpc) is 2.15. The van der Waals surface area contributed by atoms with Crippen LogP contribution in [-0.2, 0) is 4.79 Å². The highest BCUT2D eigenvalue weighted by Crippen LogP contribution is 2.17. The van der Waals surface area contributed by atoms with Gasteiger partial charge in [0.25, 0.3) is 0 Å². The molecule has 0 heterocycles. The number of hydrogen-bond acceptors (Lipinski definition) is 2. The summed E-state index contributed by atoms with van der Waals surface area (Å²) in [5.74, 6) is 0.891. The van der Waals surface area contributed by atoms with Crippen LogP contribution in [0, 0.1) is 6.92 Å². The number of ether oxygens (including phenoxy) is 1. The fourth-order valence-electron chi connectivity index (χ4n) is 1.17. The molecule has 0 aliphatic carbocycles. The lowest BCUT2D eigenvalue weighted by atomic mass is 10.1. The lowest BCUT2D eigenvalue weighted by Crippen LogP contribution is -1.87. The van der Waals surface area contributed by atoms with Crippen LogP contribution in [0.25, 0.3) is 6.08 Å². The summed E-state index contributed by atoms with van der Waals surface area (Å²) in [6, 6.07) is 5.76. The van der Waals surface area contributed by atoms with E-state index in [0.717, 1.165) is 16.9 Å². The first-order chi connectivity index (χ1) is 6.63. The molecule has 14 heavy (non-hydrogen) atoms. The fraction of sp³-hybridized carbons (Fsp3) is 0.250. The second-order valence-electron chi connectivity index (χ2n) is 3.17. The molecule has 1 rings (SSSR count). The van der Waals surface area contributed by atoms with Crippen LogP contribution in [0.1, 0.15) is 18.1 Å². The summed E-state index contributed by atoms with van der Waals surface area (Å²) in [6.45, 7) is 3.53. The minimum absolute atomic E-state index is 0.0558. The van der Waals surface area contributed by atoms with Crippen LogP contribution in [-0.4, -0.2) is 12.9 Å². The molecule has 0 spiro atoms. The van der Waals surface area contributed by atoms with E-state index in [1.54, 1.807) is 13.2 Å². The molecule has 0 bridgehead atoms. The lowest BCUT2D eigenvalue weighted by molar-refractivity contribution is -0.112. The topological polar surface area (TPSA) is 26.3 Å². The van der Waals surface area contributed by atoms with Gasteiger partial charge in [0.05, 0.1) is 7.11 Å². The largest absolute Gasteiger partial charge is 0.497 e. The van der Waals surface area contributed by atoms with E-state index in [9.17, 15) is 4.79 Å². The van der Waals surface area contributed by atoms with E-state index in [4.69, 9.17) is 4.74 Å². The second-order valence-corrected chi connectivity index (χ2v) is 3.17. The number of benzene rings is 1. The molecule has 0 saturated carbocycles. The van der Waals surface area contributed by atoms with Crippen LogP contribution in [0.2, 0.25) is 0 Å². The summed E-state index contributed by atoms with van der Waals surface area (Å²) in [7, 11) is 1.64. The Balaban J connectivity index is 2.94. The highest BCUT2D eigenvalue weighted by Gasteiger charge is 1.96. The molecule has 0 N–H and O–H groups in total. The Kier molecular flexibility index (Phi) is 3.46. The van der Waals surface area contributed by atoms with E-state index >= 15 is 0 Å². The fourth-order valence-corrected chi connectivity index (χ4v) is 1.17. The van der Waals surface area contributed by atoms with Gasteiger partial charge in [0.2, 0.25) is 0 Å². The molecule has 0 aliphatic rings. The molecule has 74 valence electrons. The van der Waals surface area contributed by atoms with Gasteiger partial charge in [0, 0.05) is 0 Å². The van der Waals surface area contributed by atoms with Gasteiger partial charge in [-0.05, 0) is 43.2 Å². The summed E-state index contributed by atoms with van der Waals surface area (Å²) < 4.78 is 5.08. The van der Waals surface area contributed by atoms with Crippen molar-refractivity contribution in [3.63, 3.8) is 0 Å². The molecule has 0 fully saturated rings. The highest BCUT2D eigenvalue weighted by atomic mass is 16.5. The third-order valence-corrected chi connectivity index (χ3v) is 1.97. The Hall–Kier alpha value is -1.57. The smallest absolute Gasteiger partial charge is 0.152 e. The Morgan fingerprint density at radius 2 is 2.14 bits per heavy atom. The maximum atomic E-state index is 10.7. The second kappa shape index (κ2) is 4.61. The molecule has 2 nitrogen and oxygen atoms in total. The van der Waals surface area contributed by atoms with Crippen LogP contribution in [0.5, 0.6) is 5.75 Å². The molecule has 0 amide bonds. The normalized spacial score (nSPS) is 10.5. The van der Waals surface area contributed by atoms with Gasteiger partial charge in [-0.15, -0.1) is 0 Å². The van der Waals surface area contributed by atoms with Crippen molar-refractivity contribution < 1.29 is 9.53 Å². The Bertz CT molecular complexity index is 365. The van der Waals surface area contributed by atoms with Gasteiger partial charge in [-0.1, -0.05) is 12.1 Å². The summed E-state index contributed by atoms with van der Waals surface area (Å²) in [4.78, 5) is 10.7. The number of methoxy groups -OCH3 is 1. The van der Waals surface area contributed by atoms with Crippen LogP contribution < -0.4 is 4.74 Å². The molecule has 2 heteroatoms. The predicted octanol–water partition coefficient (Wildman–Crippen LogP) is 2.61. The third-order valence-electron chi connectivity index (χ3n) is 1.97. The van der Waals surface area contributed by atoms with Gasteiger partial charge in [0.15, 0.2) is 5.78 Å². The van der Waals surface area contributed by atoms with Crippen molar-refractivity contribution in [2.45, 2.75) is 13.8 Å². The number of aryl methyl sites for hydroxylation is 1. The molecule has 0 unspecified atom stereocenters. The van der Waals surface area contributed by atoms with E-state index < -0.39 is 0 Å². The van der Waals surface area contributed by atoms with Gasteiger partial charge < -0.3 is 4.74 Å². The minimum atomic E-state index is 0.0558. The Labute approximate surface area is 84.2 Å². The van der Waals surface area contributed by atoms with Gasteiger partial charge in [-0.25, -0.2) is 0 Å². The molecular formula is C12H14O2. The molecule has 0 radical (unpaired) electrons. The summed E-state index contributed by atoms with van der Waals surface area (Å²) >= 11 is 0. The number of hydrogen-bond donors (Lipinski definition) is 0. The zero-order valence-corrected chi connectivity index (χ0v) is 8.70. The highest BCUT2D eigenvalue weighted by molar-refractivity contribution is 5.91. The zero-order chi connectivity index (χ0) is 10.6. The number of rotatable bonds is 3. The van der Waals surface area contributed by atoms with Crippen molar-refractivity contribution >= 4 is 11.9 Å². The molecular weight excluding hydrogens is 176 g/mol. The van der Waals surface area contributed by atoms with Crippen LogP contribution in [0.3, 0.4) is 0 Å². The van der Waals surface area contributed by atoms with Crippen molar-refractivity contribution in [1.29, 1.82) is 0 Å². The molecule has 0 atom stereocenters. The van der Waals surface area contributed by atoms with Gasteiger partial charge >= 0.3 is 0 Å². The molecule has 0 aromatic heterocycles. The zero-order valence-electron chi connectivity index (χ0n) is 8.70. The van der Waals surface area contributed by atoms with E-state index in [-0.39, 0.29) is 5.78 Å². The van der Waals surface area contributed by atoms with Crippen molar-refractivity contribution in [2.75, 3.05) is 7.11 Å². The van der Waals surface area contributed by atoms with Crippen molar-refractivity contribution in [2.24, 2.45) is 0 Å². The first-order valence-electron chi connectivity index (χ1n) is 4.47. The third kappa shape index (κ3) is 2.73. The molecule has 0 aliphatic heterocycles. The average molecular weight is 190 g/mol. The van der Waals surface area contributed by atoms with Crippen LogP contribution >= 0.6 is 0 Å². The standard InChI is InChI=1S/C12H14O2/c1-9-8-12(14-3)7-6-11(9)5-4-10(2)13/h4-8H,1-3H3/b5-4-. The monoisotopic (exact) mass is 190 g/mol. The van der Waals surface area contributed by atoms with Crippen LogP contribution in [0.15, 0.2) is 24.3 Å². The SMILES string of the molecule is COc1ccc(/C=C\C(C)=O)c(C)c1. The molecule has 1 aromatic carbocycles. The summed E-state index contributed by atoms with van der Waals surface area (Å²) in [5, 5.41) is 0. The van der Waals surface area contributed by atoms with Gasteiger partial charge in [-0.3, -0.25) is 4.79 Å². The van der Waals surface area contributed by atoms with Crippen LogP contribution in [0.4, 0.5) is 0 Å². The van der Waals surface area contributed by atoms with Crippen molar-refractivity contribution in [1.82, 2.24) is 0 Å². The predicted molar refractivity (Wildman–Crippen MR) is 57.4 cm³/mol. The number of carbonyl (C=O) groups is 1. The van der Waals surface area contributed by atoms with Gasteiger partial charge in [-0.2, -0.15) is 0 Å². The Morgan fingerprint density at radius 3 is 2.64 bits per heavy atom. The lowest BCUT2D eigenvalue weighted by Gasteiger charge is -2.03. The Morgan fingerprint density at radius 1 is 1.43 bits per heavy atom. The quantitative estimate of drug-likeness (QED) is 0.685.